The van der Waals surface area contributed by atoms with E-state index in [0.29, 0.717) is 0 Å². The van der Waals surface area contributed by atoms with Gasteiger partial charge in [-0.25, -0.2) is 4.39 Å². The van der Waals surface area contributed by atoms with Crippen molar-refractivity contribution in [1.82, 2.24) is 0 Å². The van der Waals surface area contributed by atoms with E-state index in [0.717, 1.165) is 0 Å². The van der Waals surface area contributed by atoms with E-state index in [4.69, 9.17) is 11.6 Å². The number of hydrogen-bond acceptors (Lipinski definition) is 0. The molecule has 0 nitrogen and oxygen atoms in total. The first-order valence-electron chi connectivity index (χ1n) is 2.75. The molecule has 0 N–H and O–H groups in total. The topological polar surface area (TPSA) is 0 Å². The Morgan fingerprint density at radius 2 is 1.82 bits per heavy atom. The molecule has 0 heterocycles. The van der Waals surface area contributed by atoms with E-state index in [1.807, 2.05) is 15.9 Å². The van der Waals surface area contributed by atoms with E-state index in [1.54, 1.807) is 0 Å². The maximum absolute atomic E-state index is 12.8. The predicted molar refractivity (Wildman–Crippen MR) is 46.6 cm³/mol. The van der Waals surface area contributed by atoms with Gasteiger partial charge in [-0.1, -0.05) is 34.5 Å². The third-order valence-corrected chi connectivity index (χ3v) is 2.52. The molecule has 0 saturated carbocycles. The minimum absolute atomic E-state index is 0.395. The van der Waals surface area contributed by atoms with Gasteiger partial charge in [0.1, 0.15) is 0 Å². The Morgan fingerprint density at radius 1 is 1.45 bits per heavy atom. The Morgan fingerprint density at radius 3 is 1.91 bits per heavy atom. The Kier molecular flexibility index (Phi) is 4.19. The van der Waals surface area contributed by atoms with Gasteiger partial charge in [0.15, 0.2) is 0 Å². The van der Waals surface area contributed by atoms with Crippen molar-refractivity contribution in [2.24, 2.45) is 0 Å². The molecule has 0 aromatic rings. The smallest absolute Gasteiger partial charge is 0.218 e. The molecule has 2 atom stereocenters. The summed E-state index contributed by atoms with van der Waals surface area (Å²) in [6, 6.07) is 0. The van der Waals surface area contributed by atoms with Crippen molar-refractivity contribution in [3.63, 3.8) is 0 Å². The van der Waals surface area contributed by atoms with Crippen LogP contribution in [0.4, 0.5) is 13.2 Å². The molecule has 68 valence electrons. The third kappa shape index (κ3) is 3.99. The van der Waals surface area contributed by atoms with E-state index in [1.165, 1.54) is 6.92 Å². The number of alkyl halides is 6. The van der Waals surface area contributed by atoms with E-state index in [-0.39, 0.29) is 0 Å². The summed E-state index contributed by atoms with van der Waals surface area (Å²) in [7, 11) is 0. The average Bonchev–Trinajstić information content (AvgIpc) is 1.56. The molecular formula is C5H6Br2ClF3. The van der Waals surface area contributed by atoms with Gasteiger partial charge in [-0.15, -0.1) is 0 Å². The van der Waals surface area contributed by atoms with Crippen LogP contribution in [0.3, 0.4) is 0 Å². The first-order chi connectivity index (χ1) is 4.67. The first-order valence-corrected chi connectivity index (χ1v) is 4.84. The van der Waals surface area contributed by atoms with Gasteiger partial charge < -0.3 is 0 Å². The van der Waals surface area contributed by atoms with Gasteiger partial charge in [-0.3, -0.25) is 0 Å². The highest BCUT2D eigenvalue weighted by molar-refractivity contribution is 9.10. The fraction of sp³-hybridized carbons (Fsp3) is 1.00. The molecule has 0 aromatic heterocycles. The maximum Gasteiger partial charge on any atom is 0.348 e. The normalized spacial score (nSPS) is 21.0. The molecule has 11 heavy (non-hydrogen) atoms. The molecule has 0 unspecified atom stereocenters. The molecule has 0 aromatic carbocycles. The van der Waals surface area contributed by atoms with Crippen LogP contribution in [0.2, 0.25) is 0 Å². The molecule has 0 aliphatic carbocycles. The largest absolute Gasteiger partial charge is 0.348 e. The van der Waals surface area contributed by atoms with Crippen LogP contribution in [0.15, 0.2) is 0 Å². The van der Waals surface area contributed by atoms with Gasteiger partial charge in [0.05, 0.1) is 0 Å². The van der Waals surface area contributed by atoms with Crippen molar-refractivity contribution in [3.05, 3.63) is 0 Å². The molecule has 0 radical (unpaired) electrons. The second-order valence-electron chi connectivity index (χ2n) is 2.19. The van der Waals surface area contributed by atoms with Crippen molar-refractivity contribution in [3.8, 4) is 0 Å². The Bertz CT molecular complexity index is 132. The lowest BCUT2D eigenvalue weighted by atomic mass is 10.2. The second kappa shape index (κ2) is 3.83. The Labute approximate surface area is 84.7 Å². The van der Waals surface area contributed by atoms with Crippen LogP contribution >= 0.6 is 43.5 Å². The van der Waals surface area contributed by atoms with Crippen LogP contribution in [0.1, 0.15) is 13.3 Å². The van der Waals surface area contributed by atoms with Crippen LogP contribution in [-0.4, -0.2) is 14.8 Å². The van der Waals surface area contributed by atoms with Gasteiger partial charge in [-0.2, -0.15) is 8.78 Å². The number of rotatable bonds is 3. The lowest BCUT2D eigenvalue weighted by Gasteiger charge is -2.23. The number of halogens is 6. The molecule has 0 fully saturated rings. The summed E-state index contributed by atoms with van der Waals surface area (Å²) in [4.78, 5) is -4.09. The summed E-state index contributed by atoms with van der Waals surface area (Å²) in [5.41, 5.74) is 0. The van der Waals surface area contributed by atoms with E-state index in [2.05, 4.69) is 15.9 Å². The highest BCUT2D eigenvalue weighted by Gasteiger charge is 2.51. The zero-order chi connectivity index (χ0) is 9.28. The van der Waals surface area contributed by atoms with Crippen molar-refractivity contribution in [2.45, 2.75) is 28.1 Å². The highest BCUT2D eigenvalue weighted by atomic mass is 79.9. The van der Waals surface area contributed by atoms with Gasteiger partial charge in [0, 0.05) is 11.2 Å². The summed E-state index contributed by atoms with van der Waals surface area (Å²) in [6.07, 6.45) is -0.465. The molecular weight excluding hydrogens is 312 g/mol. The van der Waals surface area contributed by atoms with Crippen LogP contribution in [0.5, 0.6) is 0 Å². The van der Waals surface area contributed by atoms with Crippen LogP contribution in [0.25, 0.3) is 0 Å². The van der Waals surface area contributed by atoms with Gasteiger partial charge in [0.25, 0.3) is 5.13 Å². The van der Waals surface area contributed by atoms with E-state index in [9.17, 15) is 13.2 Å². The monoisotopic (exact) mass is 316 g/mol. The zero-order valence-electron chi connectivity index (χ0n) is 5.55. The maximum atomic E-state index is 12.8. The minimum Gasteiger partial charge on any atom is -0.218 e. The van der Waals surface area contributed by atoms with E-state index >= 15 is 0 Å². The summed E-state index contributed by atoms with van der Waals surface area (Å²) in [5.74, 6) is 0. The molecule has 0 spiro atoms. The number of hydrogen-bond donors (Lipinski definition) is 0. The summed E-state index contributed by atoms with van der Waals surface area (Å²) < 4.78 is 37.3. The zero-order valence-corrected chi connectivity index (χ0v) is 9.48. The molecule has 0 rings (SSSR count). The molecule has 0 bridgehead atoms. The van der Waals surface area contributed by atoms with Gasteiger partial charge in [0.2, 0.25) is 0 Å². The fourth-order valence-electron chi connectivity index (χ4n) is 0.469. The van der Waals surface area contributed by atoms with Crippen molar-refractivity contribution in [2.75, 3.05) is 0 Å². The lowest BCUT2D eigenvalue weighted by Crippen LogP contribution is -2.35. The third-order valence-electron chi connectivity index (χ3n) is 0.952. The van der Waals surface area contributed by atoms with Crippen LogP contribution in [-0.2, 0) is 0 Å². The van der Waals surface area contributed by atoms with Crippen LogP contribution in [0, 0.1) is 0 Å². The summed E-state index contributed by atoms with van der Waals surface area (Å²) >= 11 is 9.71. The molecule has 6 heteroatoms. The SMILES string of the molecule is C[C@H](Br)C[C@@](F)(Cl)C(F)(F)Br. The Hall–Kier alpha value is 1.04. The molecule has 0 saturated heterocycles. The highest BCUT2D eigenvalue weighted by Crippen LogP contribution is 2.44. The summed E-state index contributed by atoms with van der Waals surface area (Å²) in [5, 5.41) is -3.03. The Balaban J connectivity index is 4.22. The van der Waals surface area contributed by atoms with Gasteiger partial charge >= 0.3 is 4.83 Å². The molecule has 0 amide bonds. The first kappa shape index (κ1) is 12.0. The summed E-state index contributed by atoms with van der Waals surface area (Å²) in [6.45, 7) is 1.54. The van der Waals surface area contributed by atoms with Crippen LogP contribution < -0.4 is 0 Å². The lowest BCUT2D eigenvalue weighted by molar-refractivity contribution is -0.00877. The second-order valence-corrected chi connectivity index (χ2v) is 5.35. The van der Waals surface area contributed by atoms with Gasteiger partial charge in [-0.05, 0) is 15.9 Å². The average molecular weight is 318 g/mol. The quantitative estimate of drug-likeness (QED) is 0.689. The molecule has 0 aliphatic heterocycles. The van der Waals surface area contributed by atoms with Crippen molar-refractivity contribution in [1.29, 1.82) is 0 Å². The van der Waals surface area contributed by atoms with Crippen molar-refractivity contribution < 1.29 is 13.2 Å². The van der Waals surface area contributed by atoms with E-state index < -0.39 is 21.2 Å². The predicted octanol–water partition coefficient (Wildman–Crippen LogP) is 4.05. The minimum atomic E-state index is -3.69. The molecule has 0 aliphatic rings. The fourth-order valence-corrected chi connectivity index (χ4v) is 1.49. The van der Waals surface area contributed by atoms with Crippen molar-refractivity contribution >= 4 is 43.5 Å². The standard InChI is InChI=1S/C5H6Br2ClF3/c1-3(6)2-4(8,9)5(7,10)11/h3H,2H2,1H3/t3-,4-/m0/s1.